The van der Waals surface area contributed by atoms with Gasteiger partial charge in [0.1, 0.15) is 29.6 Å². The van der Waals surface area contributed by atoms with E-state index in [9.17, 15) is 49.1 Å². The number of anilines is 2. The van der Waals surface area contributed by atoms with Gasteiger partial charge in [-0.2, -0.15) is 32.2 Å². The Morgan fingerprint density at radius 1 is 0.575 bits per heavy atom. The first-order chi connectivity index (χ1) is 34.9. The molecule has 0 heterocycles. The topological polar surface area (TPSA) is 184 Å². The smallest absolute Gasteiger partial charge is 0.416 e. The average Bonchev–Trinajstić information content (AvgIpc) is 3.37. The van der Waals surface area contributed by atoms with Gasteiger partial charge in [-0.05, 0) is 102 Å². The molecule has 5 N–H and O–H groups in total. The molecule has 0 aliphatic rings. The second-order valence-electron chi connectivity index (χ2n) is 16.1. The van der Waals surface area contributed by atoms with Crippen LogP contribution in [0.3, 0.4) is 0 Å². The molecule has 0 spiro atoms. The number of ether oxygens (including phenoxy) is 2. The van der Waals surface area contributed by atoms with Gasteiger partial charge in [-0.1, -0.05) is 106 Å². The molecular weight excluding hydrogens is 1000 g/mol. The van der Waals surface area contributed by atoms with Gasteiger partial charge in [0.25, 0.3) is 21.8 Å². The van der Waals surface area contributed by atoms with Crippen molar-refractivity contribution in [3.8, 4) is 11.5 Å². The number of carbonyl (C=O) groups is 3. The number of hydrogen-bond acceptors (Lipinski definition) is 11. The molecule has 0 aliphatic carbocycles. The Morgan fingerprint density at radius 2 is 1.04 bits per heavy atom. The lowest BCUT2D eigenvalue weighted by Crippen LogP contribution is -2.31. The molecule has 0 aliphatic heterocycles. The van der Waals surface area contributed by atoms with E-state index in [1.807, 2.05) is 0 Å². The summed E-state index contributed by atoms with van der Waals surface area (Å²) in [6.45, 7) is 2.17. The molecule has 73 heavy (non-hydrogen) atoms. The van der Waals surface area contributed by atoms with Gasteiger partial charge in [0.2, 0.25) is 5.91 Å². The average molecular weight is 1060 g/mol. The predicted octanol–water partition coefficient (Wildman–Crippen LogP) is 12.8. The number of nitrogens with one attached hydrogen (secondary N) is 3. The van der Waals surface area contributed by atoms with Gasteiger partial charge < -0.3 is 20.1 Å². The summed E-state index contributed by atoms with van der Waals surface area (Å²) in [6, 6.07) is 34.4. The molecule has 0 atom stereocenters. The quantitative estimate of drug-likeness (QED) is 0.0157. The van der Waals surface area contributed by atoms with Gasteiger partial charge in [0.05, 0.1) is 39.4 Å². The number of halogens is 6. The molecule has 0 saturated carbocycles. The zero-order valence-electron chi connectivity index (χ0n) is 39.3. The van der Waals surface area contributed by atoms with Crippen molar-refractivity contribution in [1.29, 1.82) is 0 Å². The Bertz CT molecular complexity index is 2850. The van der Waals surface area contributed by atoms with Crippen molar-refractivity contribution < 1.29 is 67.9 Å². The van der Waals surface area contributed by atoms with Crippen molar-refractivity contribution in [2.24, 2.45) is 5.90 Å². The van der Waals surface area contributed by atoms with Crippen molar-refractivity contribution >= 4 is 51.2 Å². The van der Waals surface area contributed by atoms with Gasteiger partial charge in [0, 0.05) is 17.5 Å². The van der Waals surface area contributed by atoms with Crippen LogP contribution in [-0.2, 0) is 49.7 Å². The molecule has 21 heteroatoms. The Morgan fingerprint density at radius 3 is 1.55 bits per heavy atom. The first kappa shape index (κ1) is 57.0. The lowest BCUT2D eigenvalue weighted by atomic mass is 10.1. The van der Waals surface area contributed by atoms with Gasteiger partial charge in [-0.15, -0.1) is 9.32 Å². The molecule has 0 fully saturated rings. The number of rotatable bonds is 23. The lowest BCUT2D eigenvalue weighted by molar-refractivity contribution is -0.195. The summed E-state index contributed by atoms with van der Waals surface area (Å²) in [7, 11) is -4.24. The Balaban J connectivity index is 0.000000283. The van der Waals surface area contributed by atoms with E-state index >= 15 is 0 Å². The van der Waals surface area contributed by atoms with E-state index in [1.165, 1.54) is 67.1 Å². The Kier molecular flexibility index (Phi) is 21.7. The molecule has 13 nitrogen and oxygen atoms in total. The van der Waals surface area contributed by atoms with Crippen LogP contribution in [0.25, 0.3) is 0 Å². The molecule has 0 aromatic heterocycles. The third kappa shape index (κ3) is 18.9. The third-order valence-electron chi connectivity index (χ3n) is 10.5. The Labute approximate surface area is 422 Å². The molecule has 0 unspecified atom stereocenters. The summed E-state index contributed by atoms with van der Waals surface area (Å²) >= 11 is 0.839. The van der Waals surface area contributed by atoms with Crippen molar-refractivity contribution in [3.63, 3.8) is 0 Å². The largest absolute Gasteiger partial charge is 0.489 e. The van der Waals surface area contributed by atoms with Crippen LogP contribution >= 0.6 is 12.0 Å². The highest BCUT2D eigenvalue weighted by Crippen LogP contribution is 2.32. The fourth-order valence-corrected chi connectivity index (χ4v) is 8.39. The van der Waals surface area contributed by atoms with E-state index in [0.717, 1.165) is 68.4 Å². The van der Waals surface area contributed by atoms with Gasteiger partial charge in [0.15, 0.2) is 0 Å². The molecule has 6 rings (SSSR count). The van der Waals surface area contributed by atoms with E-state index in [4.69, 9.17) is 15.4 Å². The van der Waals surface area contributed by atoms with E-state index < -0.39 is 45.3 Å². The number of para-hydroxylation sites is 2. The minimum absolute atomic E-state index is 0.00481. The monoisotopic (exact) mass is 1050 g/mol. The van der Waals surface area contributed by atoms with E-state index in [2.05, 4.69) is 31.6 Å². The first-order valence-corrected chi connectivity index (χ1v) is 24.9. The maximum atomic E-state index is 13.0. The van der Waals surface area contributed by atoms with Crippen molar-refractivity contribution in [2.75, 3.05) is 10.6 Å². The predicted molar refractivity (Wildman–Crippen MR) is 263 cm³/mol. The molecule has 3 amide bonds. The van der Waals surface area contributed by atoms with Crippen LogP contribution in [-0.4, -0.2) is 26.1 Å². The minimum atomic E-state index is -4.43. The number of amides is 3. The van der Waals surface area contributed by atoms with Crippen LogP contribution in [0.4, 0.5) is 37.7 Å². The standard InChI is InChI=1S/C31H35F3N2O5S.C21H17F3N2O4S/c1-2-3-4-5-6-7-8-16-29(37)36-42(39,40)28-15-10-9-14-27(28)35-30(38)24-12-11-13-26(21-24)41-22-23-17-19-25(20-18-23)31(32,33)34;22-21(23,24)16-10-8-14(9-11-16)13-28-17-5-3-4-15(12-17)20(27)26-18-6-1-2-7-19(18)31-30-29-25/h9-15,17-21H,2-8,16,22H2,1H3,(H,35,38)(H,36,37);1-12H,13,25H2,(H,26,27). The summed E-state index contributed by atoms with van der Waals surface area (Å²) in [5.74, 6) is 3.91. The van der Waals surface area contributed by atoms with Gasteiger partial charge in [-0.25, -0.2) is 13.1 Å². The first-order valence-electron chi connectivity index (χ1n) is 22.7. The number of unbranched alkanes of at least 4 members (excludes halogenated alkanes) is 6. The zero-order valence-corrected chi connectivity index (χ0v) is 40.9. The van der Waals surface area contributed by atoms with E-state index in [1.54, 1.807) is 60.7 Å². The maximum Gasteiger partial charge on any atom is 0.416 e. The molecule has 0 bridgehead atoms. The summed E-state index contributed by atoms with van der Waals surface area (Å²) in [6.07, 6.45) is -1.73. The molecule has 388 valence electrons. The summed E-state index contributed by atoms with van der Waals surface area (Å²) in [4.78, 5) is 42.3. The van der Waals surface area contributed by atoms with Gasteiger partial charge in [-0.3, -0.25) is 14.4 Å². The van der Waals surface area contributed by atoms with Crippen LogP contribution in [0.15, 0.2) is 155 Å². The highest BCUT2D eigenvalue weighted by Gasteiger charge is 2.31. The van der Waals surface area contributed by atoms with Crippen LogP contribution in [0.5, 0.6) is 11.5 Å². The molecule has 0 saturated heterocycles. The van der Waals surface area contributed by atoms with Crippen LogP contribution in [0.1, 0.15) is 101 Å². The normalized spacial score (nSPS) is 11.5. The molecule has 6 aromatic rings. The SMILES string of the molecule is CCCCCCCCCC(=O)NS(=O)(=O)c1ccccc1NC(=O)c1cccc(OCc2ccc(C(F)(F)F)cc2)c1.NOOSc1ccccc1NC(=O)c1cccc(OCc2ccc(C(F)(F)F)cc2)c1. The number of alkyl halides is 6. The number of carbonyl (C=O) groups excluding carboxylic acids is 3. The number of hydrogen-bond donors (Lipinski definition) is 4. The fraction of sp³-hybridized carbons (Fsp3) is 0.250. The van der Waals surface area contributed by atoms with Gasteiger partial charge >= 0.3 is 12.4 Å². The summed E-state index contributed by atoms with van der Waals surface area (Å²) in [5.41, 5.74) is 0.565. The number of sulfonamides is 1. The maximum absolute atomic E-state index is 13.0. The van der Waals surface area contributed by atoms with Crippen LogP contribution in [0, 0.1) is 0 Å². The number of benzene rings is 6. The van der Waals surface area contributed by atoms with E-state index in [0.29, 0.717) is 45.2 Å². The molecular formula is C52H52F6N4O9S2. The highest BCUT2D eigenvalue weighted by atomic mass is 32.2. The van der Waals surface area contributed by atoms with Crippen molar-refractivity contribution in [3.05, 3.63) is 179 Å². The second-order valence-corrected chi connectivity index (χ2v) is 18.5. The number of nitrogens with two attached hydrogens (primary N) is 1. The van der Waals surface area contributed by atoms with Crippen molar-refractivity contribution in [2.45, 2.75) is 93.6 Å². The van der Waals surface area contributed by atoms with Crippen molar-refractivity contribution in [1.82, 2.24) is 4.72 Å². The lowest BCUT2D eigenvalue weighted by Gasteiger charge is -2.13. The fourth-order valence-electron chi connectivity index (χ4n) is 6.76. The second kappa shape index (κ2) is 27.8. The summed E-state index contributed by atoms with van der Waals surface area (Å²) < 4.78 is 120. The zero-order chi connectivity index (χ0) is 52.9. The van der Waals surface area contributed by atoms with Crippen LogP contribution in [0.2, 0.25) is 0 Å². The van der Waals surface area contributed by atoms with Crippen LogP contribution < -0.4 is 30.7 Å². The minimum Gasteiger partial charge on any atom is -0.489 e. The molecule has 6 aromatic carbocycles. The highest BCUT2D eigenvalue weighted by molar-refractivity contribution is 7.94. The summed E-state index contributed by atoms with van der Waals surface area (Å²) in [5, 5.41) is 5.33. The third-order valence-corrected chi connectivity index (χ3v) is 12.7. The Hall–Kier alpha value is -6.91. The molecule has 0 radical (unpaired) electrons. The van der Waals surface area contributed by atoms with E-state index in [-0.39, 0.29) is 41.7 Å².